The highest BCUT2D eigenvalue weighted by molar-refractivity contribution is 5.76. The van der Waals surface area contributed by atoms with Crippen molar-refractivity contribution < 1.29 is 27.6 Å². The van der Waals surface area contributed by atoms with Gasteiger partial charge < -0.3 is 18.9 Å². The molecule has 0 bridgehead atoms. The molecule has 3 aromatic heterocycles. The average molecular weight is 539 g/mol. The molecule has 0 aliphatic carbocycles. The summed E-state index contributed by atoms with van der Waals surface area (Å²) in [5, 5.41) is 8.61. The Balaban J connectivity index is 1.56. The van der Waals surface area contributed by atoms with Crippen molar-refractivity contribution in [2.24, 2.45) is 0 Å². The Kier molecular flexibility index (Phi) is 7.64. The predicted octanol–water partition coefficient (Wildman–Crippen LogP) is 4.26. The summed E-state index contributed by atoms with van der Waals surface area (Å²) in [5.41, 5.74) is 1.15. The second-order valence-electron chi connectivity index (χ2n) is 9.41. The lowest BCUT2D eigenvalue weighted by Gasteiger charge is -2.44. The maximum atomic E-state index is 15.3. The Labute approximate surface area is 223 Å². The van der Waals surface area contributed by atoms with Crippen molar-refractivity contribution in [2.45, 2.75) is 38.8 Å². The van der Waals surface area contributed by atoms with Crippen LogP contribution in [-0.2, 0) is 20.8 Å². The summed E-state index contributed by atoms with van der Waals surface area (Å²) >= 11 is 0. The van der Waals surface area contributed by atoms with Gasteiger partial charge in [-0.15, -0.1) is 0 Å². The molecule has 0 spiro atoms. The van der Waals surface area contributed by atoms with Crippen molar-refractivity contribution in [3.63, 3.8) is 0 Å². The SMILES string of the molecule is CCOC(=O)CN(c1nc(-c2cc(-c3ccon3)n(Cc3ccccc3F)n2)ncc1F)C1(C)CCOCC1. The fourth-order valence-corrected chi connectivity index (χ4v) is 4.59. The first kappa shape index (κ1) is 26.4. The number of hydrogen-bond acceptors (Lipinski definition) is 9. The molecule has 204 valence electrons. The van der Waals surface area contributed by atoms with E-state index in [0.29, 0.717) is 48.7 Å². The standard InChI is InChI=1S/C27H28F2N6O4/c1-3-38-24(36)17-34(27(2)9-12-37-13-10-27)26-20(29)15-30-25(31-26)22-14-23(21-8-11-39-33-21)35(32-22)16-18-6-4-5-7-19(18)28/h4-8,11,14-15H,3,9-10,12-13,16-17H2,1-2H3. The fourth-order valence-electron chi connectivity index (χ4n) is 4.59. The molecule has 4 aromatic rings. The van der Waals surface area contributed by atoms with Crippen LogP contribution >= 0.6 is 0 Å². The lowest BCUT2D eigenvalue weighted by Crippen LogP contribution is -2.53. The molecule has 0 atom stereocenters. The normalized spacial score (nSPS) is 14.8. The Morgan fingerprint density at radius 3 is 2.67 bits per heavy atom. The van der Waals surface area contributed by atoms with E-state index in [9.17, 15) is 9.18 Å². The zero-order valence-electron chi connectivity index (χ0n) is 21.6. The molecule has 12 heteroatoms. The van der Waals surface area contributed by atoms with Crippen molar-refractivity contribution in [3.8, 4) is 22.9 Å². The van der Waals surface area contributed by atoms with Crippen LogP contribution in [-0.4, -0.2) is 62.8 Å². The summed E-state index contributed by atoms with van der Waals surface area (Å²) in [4.78, 5) is 22.9. The number of hydrogen-bond donors (Lipinski definition) is 0. The molecule has 10 nitrogen and oxygen atoms in total. The van der Waals surface area contributed by atoms with Crippen LogP contribution in [0, 0.1) is 11.6 Å². The molecule has 0 amide bonds. The van der Waals surface area contributed by atoms with Crippen LogP contribution in [0.1, 0.15) is 32.3 Å². The van der Waals surface area contributed by atoms with Crippen LogP contribution in [0.25, 0.3) is 22.9 Å². The van der Waals surface area contributed by atoms with Crippen LogP contribution in [0.15, 0.2) is 53.4 Å². The largest absolute Gasteiger partial charge is 0.465 e. The van der Waals surface area contributed by atoms with Gasteiger partial charge in [-0.3, -0.25) is 9.48 Å². The van der Waals surface area contributed by atoms with Crippen molar-refractivity contribution >= 4 is 11.8 Å². The number of carbonyl (C=O) groups is 1. The predicted molar refractivity (Wildman–Crippen MR) is 137 cm³/mol. The summed E-state index contributed by atoms with van der Waals surface area (Å²) in [6.07, 6.45) is 3.62. The third-order valence-electron chi connectivity index (χ3n) is 6.78. The van der Waals surface area contributed by atoms with E-state index in [0.717, 1.165) is 6.20 Å². The molecule has 5 rings (SSSR count). The minimum atomic E-state index is -0.682. The van der Waals surface area contributed by atoms with E-state index < -0.39 is 17.3 Å². The van der Waals surface area contributed by atoms with Gasteiger partial charge in [0.05, 0.1) is 25.0 Å². The highest BCUT2D eigenvalue weighted by Crippen LogP contribution is 2.34. The zero-order chi connectivity index (χ0) is 27.4. The number of esters is 1. The van der Waals surface area contributed by atoms with Crippen LogP contribution in [0.3, 0.4) is 0 Å². The van der Waals surface area contributed by atoms with E-state index in [-0.39, 0.29) is 37.2 Å². The number of aromatic nitrogens is 5. The van der Waals surface area contributed by atoms with Crippen LogP contribution in [0.4, 0.5) is 14.6 Å². The topological polar surface area (TPSA) is 108 Å². The van der Waals surface area contributed by atoms with Gasteiger partial charge in [-0.25, -0.2) is 18.7 Å². The summed E-state index contributed by atoms with van der Waals surface area (Å²) < 4.78 is 47.0. The third kappa shape index (κ3) is 5.65. The molecule has 1 aliphatic heterocycles. The quantitative estimate of drug-likeness (QED) is 0.289. The number of nitrogens with zero attached hydrogens (tertiary/aromatic N) is 6. The maximum absolute atomic E-state index is 15.3. The van der Waals surface area contributed by atoms with Gasteiger partial charge >= 0.3 is 5.97 Å². The maximum Gasteiger partial charge on any atom is 0.325 e. The van der Waals surface area contributed by atoms with Crippen molar-refractivity contribution in [1.82, 2.24) is 24.9 Å². The average Bonchev–Trinajstić information content (AvgIpc) is 3.60. The number of halogens is 2. The number of rotatable bonds is 9. The molecule has 0 unspecified atom stereocenters. The van der Waals surface area contributed by atoms with Gasteiger partial charge in [0, 0.05) is 30.4 Å². The number of carbonyl (C=O) groups excluding carboxylic acids is 1. The summed E-state index contributed by atoms with van der Waals surface area (Å²) in [6, 6.07) is 9.73. The molecule has 1 saturated heterocycles. The van der Waals surface area contributed by atoms with Crippen LogP contribution in [0.5, 0.6) is 0 Å². The molecule has 0 saturated carbocycles. The van der Waals surface area contributed by atoms with E-state index in [1.165, 1.54) is 12.3 Å². The second-order valence-corrected chi connectivity index (χ2v) is 9.41. The van der Waals surface area contributed by atoms with Gasteiger partial charge in [-0.05, 0) is 38.8 Å². The van der Waals surface area contributed by atoms with Crippen LogP contribution < -0.4 is 4.90 Å². The highest BCUT2D eigenvalue weighted by atomic mass is 19.1. The number of ether oxygens (including phenoxy) is 2. The van der Waals surface area contributed by atoms with Crippen molar-refractivity contribution in [3.05, 3.63) is 66.1 Å². The molecule has 4 heterocycles. The molecular formula is C27H28F2N6O4. The minimum Gasteiger partial charge on any atom is -0.465 e. The highest BCUT2D eigenvalue weighted by Gasteiger charge is 2.38. The molecule has 0 radical (unpaired) electrons. The molecule has 1 fully saturated rings. The number of anilines is 1. The molecule has 39 heavy (non-hydrogen) atoms. The smallest absolute Gasteiger partial charge is 0.325 e. The van der Waals surface area contributed by atoms with E-state index in [4.69, 9.17) is 14.0 Å². The summed E-state index contributed by atoms with van der Waals surface area (Å²) in [5.74, 6) is -1.46. The third-order valence-corrected chi connectivity index (χ3v) is 6.78. The first-order valence-electron chi connectivity index (χ1n) is 12.6. The van der Waals surface area contributed by atoms with Gasteiger partial charge in [0.1, 0.15) is 30.0 Å². The summed E-state index contributed by atoms with van der Waals surface area (Å²) in [6.45, 7) is 4.72. The molecular weight excluding hydrogens is 510 g/mol. The zero-order valence-corrected chi connectivity index (χ0v) is 21.6. The van der Waals surface area contributed by atoms with E-state index >= 15 is 4.39 Å². The number of benzene rings is 1. The van der Waals surface area contributed by atoms with E-state index in [2.05, 4.69) is 20.2 Å². The van der Waals surface area contributed by atoms with E-state index in [1.54, 1.807) is 46.8 Å². The second kappa shape index (κ2) is 11.3. The van der Waals surface area contributed by atoms with Crippen molar-refractivity contribution in [2.75, 3.05) is 31.3 Å². The van der Waals surface area contributed by atoms with Crippen LogP contribution in [0.2, 0.25) is 0 Å². The first-order valence-corrected chi connectivity index (χ1v) is 12.6. The minimum absolute atomic E-state index is 0.0379. The van der Waals surface area contributed by atoms with Gasteiger partial charge in [-0.1, -0.05) is 23.4 Å². The van der Waals surface area contributed by atoms with Gasteiger partial charge in [0.25, 0.3) is 0 Å². The Morgan fingerprint density at radius 1 is 1.15 bits per heavy atom. The molecule has 1 aromatic carbocycles. The van der Waals surface area contributed by atoms with Crippen molar-refractivity contribution in [1.29, 1.82) is 0 Å². The first-order chi connectivity index (χ1) is 18.9. The summed E-state index contributed by atoms with van der Waals surface area (Å²) in [7, 11) is 0. The van der Waals surface area contributed by atoms with E-state index in [1.807, 2.05) is 6.92 Å². The fraction of sp³-hybridized carbons (Fsp3) is 0.370. The Hall–Kier alpha value is -4.19. The Bertz CT molecular complexity index is 1440. The molecule has 1 aliphatic rings. The Morgan fingerprint density at radius 2 is 1.95 bits per heavy atom. The van der Waals surface area contributed by atoms with Gasteiger partial charge in [0.2, 0.25) is 0 Å². The monoisotopic (exact) mass is 538 g/mol. The lowest BCUT2D eigenvalue weighted by molar-refractivity contribution is -0.141. The van der Waals surface area contributed by atoms with Gasteiger partial charge in [0.15, 0.2) is 17.5 Å². The lowest BCUT2D eigenvalue weighted by atomic mass is 9.90. The van der Waals surface area contributed by atoms with Gasteiger partial charge in [-0.2, -0.15) is 5.10 Å². The molecule has 0 N–H and O–H groups in total.